The van der Waals surface area contributed by atoms with E-state index in [1.165, 1.54) is 32.1 Å². The van der Waals surface area contributed by atoms with Crippen LogP contribution in [0.25, 0.3) is 0 Å². The maximum Gasteiger partial charge on any atom is 0.236 e. The highest BCUT2D eigenvalue weighted by molar-refractivity contribution is 5.78. The summed E-state index contributed by atoms with van der Waals surface area (Å²) < 4.78 is 0. The van der Waals surface area contributed by atoms with Crippen LogP contribution in [-0.2, 0) is 4.79 Å². The van der Waals surface area contributed by atoms with Crippen LogP contribution in [0.2, 0.25) is 0 Å². The molecule has 4 heteroatoms. The standard InChI is InChI=1S/C17H33N3O/c1-4-10-18-14(3)15-7-6-11-19(12-15)13-17(21)20(5-2)16-8-9-16/h14-16,18H,4-13H2,1-3H3. The van der Waals surface area contributed by atoms with Gasteiger partial charge in [-0.05, 0) is 65.0 Å². The monoisotopic (exact) mass is 295 g/mol. The third kappa shape index (κ3) is 4.96. The second-order valence-electron chi connectivity index (χ2n) is 6.79. The number of nitrogens with zero attached hydrogens (tertiary/aromatic N) is 2. The molecule has 1 aliphatic carbocycles. The molecule has 1 N–H and O–H groups in total. The number of hydrogen-bond acceptors (Lipinski definition) is 3. The number of likely N-dealkylation sites (N-methyl/N-ethyl adjacent to an activating group) is 1. The van der Waals surface area contributed by atoms with Crippen LogP contribution in [0.1, 0.15) is 52.9 Å². The molecular formula is C17H33N3O. The molecule has 21 heavy (non-hydrogen) atoms. The summed E-state index contributed by atoms with van der Waals surface area (Å²) in [6.45, 7) is 11.4. The van der Waals surface area contributed by atoms with E-state index in [1.54, 1.807) is 0 Å². The van der Waals surface area contributed by atoms with Gasteiger partial charge in [-0.3, -0.25) is 9.69 Å². The van der Waals surface area contributed by atoms with Crippen molar-refractivity contribution >= 4 is 5.91 Å². The number of carbonyl (C=O) groups is 1. The molecule has 1 heterocycles. The highest BCUT2D eigenvalue weighted by Gasteiger charge is 2.33. The van der Waals surface area contributed by atoms with Crippen LogP contribution in [0.3, 0.4) is 0 Å². The van der Waals surface area contributed by atoms with Gasteiger partial charge in [0.15, 0.2) is 0 Å². The molecule has 122 valence electrons. The molecule has 0 radical (unpaired) electrons. The average Bonchev–Trinajstić information content (AvgIpc) is 3.30. The van der Waals surface area contributed by atoms with Crippen LogP contribution < -0.4 is 5.32 Å². The molecule has 2 atom stereocenters. The molecule has 2 rings (SSSR count). The zero-order valence-electron chi connectivity index (χ0n) is 14.1. The van der Waals surface area contributed by atoms with Crippen LogP contribution >= 0.6 is 0 Å². The highest BCUT2D eigenvalue weighted by Crippen LogP contribution is 2.27. The predicted molar refractivity (Wildman–Crippen MR) is 87.3 cm³/mol. The largest absolute Gasteiger partial charge is 0.339 e. The summed E-state index contributed by atoms with van der Waals surface area (Å²) in [7, 11) is 0. The van der Waals surface area contributed by atoms with Gasteiger partial charge in [0, 0.05) is 25.2 Å². The van der Waals surface area contributed by atoms with Gasteiger partial charge in [-0.25, -0.2) is 0 Å². The van der Waals surface area contributed by atoms with E-state index in [2.05, 4.69) is 35.9 Å². The van der Waals surface area contributed by atoms with Crippen molar-refractivity contribution in [3.05, 3.63) is 0 Å². The van der Waals surface area contributed by atoms with Crippen molar-refractivity contribution < 1.29 is 4.79 Å². The Morgan fingerprint density at radius 1 is 1.33 bits per heavy atom. The number of piperidine rings is 1. The van der Waals surface area contributed by atoms with E-state index in [0.29, 0.717) is 30.5 Å². The molecule has 0 aromatic carbocycles. The Morgan fingerprint density at radius 2 is 2.10 bits per heavy atom. The Balaban J connectivity index is 1.78. The third-order valence-corrected chi connectivity index (χ3v) is 4.97. The predicted octanol–water partition coefficient (Wildman–Crippen LogP) is 2.10. The molecule has 2 aliphatic rings. The molecule has 2 fully saturated rings. The third-order valence-electron chi connectivity index (χ3n) is 4.97. The molecule has 1 amide bonds. The first-order valence-electron chi connectivity index (χ1n) is 8.90. The van der Waals surface area contributed by atoms with Gasteiger partial charge in [0.1, 0.15) is 0 Å². The molecule has 1 saturated heterocycles. The van der Waals surface area contributed by atoms with Crippen molar-refractivity contribution in [1.29, 1.82) is 0 Å². The van der Waals surface area contributed by atoms with Gasteiger partial charge >= 0.3 is 0 Å². The van der Waals surface area contributed by atoms with Crippen molar-refractivity contribution in [2.75, 3.05) is 32.7 Å². The first-order valence-corrected chi connectivity index (χ1v) is 8.90. The fourth-order valence-corrected chi connectivity index (χ4v) is 3.49. The maximum atomic E-state index is 12.4. The van der Waals surface area contributed by atoms with E-state index >= 15 is 0 Å². The fraction of sp³-hybridized carbons (Fsp3) is 0.941. The van der Waals surface area contributed by atoms with E-state index in [1.807, 2.05) is 0 Å². The average molecular weight is 295 g/mol. The van der Waals surface area contributed by atoms with Gasteiger partial charge in [0.2, 0.25) is 5.91 Å². The van der Waals surface area contributed by atoms with Gasteiger partial charge in [0.05, 0.1) is 6.54 Å². The summed E-state index contributed by atoms with van der Waals surface area (Å²) in [6, 6.07) is 1.11. The smallest absolute Gasteiger partial charge is 0.236 e. The van der Waals surface area contributed by atoms with Gasteiger partial charge in [-0.1, -0.05) is 6.92 Å². The Hall–Kier alpha value is -0.610. The van der Waals surface area contributed by atoms with E-state index in [-0.39, 0.29) is 0 Å². The second-order valence-corrected chi connectivity index (χ2v) is 6.79. The summed E-state index contributed by atoms with van der Waals surface area (Å²) in [5.74, 6) is 1.03. The van der Waals surface area contributed by atoms with Crippen LogP contribution in [0.5, 0.6) is 0 Å². The fourth-order valence-electron chi connectivity index (χ4n) is 3.49. The zero-order chi connectivity index (χ0) is 15.2. The van der Waals surface area contributed by atoms with E-state index in [9.17, 15) is 4.79 Å². The topological polar surface area (TPSA) is 35.6 Å². The van der Waals surface area contributed by atoms with Crippen LogP contribution in [0, 0.1) is 5.92 Å². The normalized spacial score (nSPS) is 24.8. The van der Waals surface area contributed by atoms with Crippen molar-refractivity contribution in [2.45, 2.75) is 65.0 Å². The van der Waals surface area contributed by atoms with E-state index in [4.69, 9.17) is 0 Å². The minimum absolute atomic E-state index is 0.342. The Bertz CT molecular complexity index is 330. The van der Waals surface area contributed by atoms with Gasteiger partial charge in [-0.15, -0.1) is 0 Å². The van der Waals surface area contributed by atoms with Crippen molar-refractivity contribution in [3.8, 4) is 0 Å². The van der Waals surface area contributed by atoms with E-state index in [0.717, 1.165) is 26.2 Å². The molecule has 0 aromatic rings. The molecule has 1 aliphatic heterocycles. The van der Waals surface area contributed by atoms with Crippen molar-refractivity contribution in [1.82, 2.24) is 15.1 Å². The first-order chi connectivity index (χ1) is 10.2. The summed E-state index contributed by atoms with van der Waals surface area (Å²) in [5.41, 5.74) is 0. The summed E-state index contributed by atoms with van der Waals surface area (Å²) >= 11 is 0. The van der Waals surface area contributed by atoms with Crippen LogP contribution in [-0.4, -0.2) is 60.5 Å². The van der Waals surface area contributed by atoms with Gasteiger partial charge < -0.3 is 10.2 Å². The van der Waals surface area contributed by atoms with Crippen LogP contribution in [0.4, 0.5) is 0 Å². The van der Waals surface area contributed by atoms with Crippen molar-refractivity contribution in [2.24, 2.45) is 5.92 Å². The number of carbonyl (C=O) groups excluding carboxylic acids is 1. The lowest BCUT2D eigenvalue weighted by Crippen LogP contribution is -2.48. The van der Waals surface area contributed by atoms with Gasteiger partial charge in [-0.2, -0.15) is 0 Å². The quantitative estimate of drug-likeness (QED) is 0.745. The number of amides is 1. The zero-order valence-corrected chi connectivity index (χ0v) is 14.1. The second kappa shape index (κ2) is 8.14. The highest BCUT2D eigenvalue weighted by atomic mass is 16.2. The molecule has 0 aromatic heterocycles. The minimum Gasteiger partial charge on any atom is -0.339 e. The summed E-state index contributed by atoms with van der Waals surface area (Å²) in [4.78, 5) is 16.9. The Labute approximate surface area is 130 Å². The molecule has 0 bridgehead atoms. The minimum atomic E-state index is 0.342. The Kier molecular flexibility index (Phi) is 6.49. The molecule has 2 unspecified atom stereocenters. The lowest BCUT2D eigenvalue weighted by molar-refractivity contribution is -0.133. The number of nitrogens with one attached hydrogen (secondary N) is 1. The van der Waals surface area contributed by atoms with Crippen molar-refractivity contribution in [3.63, 3.8) is 0 Å². The molecule has 0 spiro atoms. The molecular weight excluding hydrogens is 262 g/mol. The van der Waals surface area contributed by atoms with Gasteiger partial charge in [0.25, 0.3) is 0 Å². The SMILES string of the molecule is CCCNC(C)C1CCCN(CC(=O)N(CC)C2CC2)C1. The number of hydrogen-bond donors (Lipinski definition) is 1. The summed E-state index contributed by atoms with van der Waals surface area (Å²) in [5, 5.41) is 3.62. The number of rotatable bonds is 8. The first kappa shape index (κ1) is 16.8. The maximum absolute atomic E-state index is 12.4. The number of likely N-dealkylation sites (tertiary alicyclic amines) is 1. The molecule has 1 saturated carbocycles. The molecule has 4 nitrogen and oxygen atoms in total. The van der Waals surface area contributed by atoms with E-state index < -0.39 is 0 Å². The lowest BCUT2D eigenvalue weighted by Gasteiger charge is -2.36. The lowest BCUT2D eigenvalue weighted by atomic mass is 9.91. The van der Waals surface area contributed by atoms with Crippen LogP contribution in [0.15, 0.2) is 0 Å². The summed E-state index contributed by atoms with van der Waals surface area (Å²) in [6.07, 6.45) is 6.13. The Morgan fingerprint density at radius 3 is 2.71 bits per heavy atom.